The number of nitrogens with one attached hydrogen (secondary N) is 1. The number of nitrogens with zero attached hydrogens (tertiary/aromatic N) is 1. The van der Waals surface area contributed by atoms with Gasteiger partial charge in [0, 0.05) is 11.3 Å². The lowest BCUT2D eigenvalue weighted by molar-refractivity contribution is -0.141. The molecule has 0 aliphatic rings. The van der Waals surface area contributed by atoms with Gasteiger partial charge < -0.3 is 5.32 Å². The Labute approximate surface area is 158 Å². The molecular formula is C20H17F3N2OS. The van der Waals surface area contributed by atoms with Crippen LogP contribution in [0.15, 0.2) is 42.5 Å². The summed E-state index contributed by atoms with van der Waals surface area (Å²) >= 11 is 0.733. The smallest absolute Gasteiger partial charge is 0.321 e. The minimum Gasteiger partial charge on any atom is -0.321 e. The van der Waals surface area contributed by atoms with E-state index in [1.807, 2.05) is 44.2 Å². The van der Waals surface area contributed by atoms with Gasteiger partial charge in [-0.3, -0.25) is 4.79 Å². The fourth-order valence-corrected chi connectivity index (χ4v) is 3.66. The number of thiazole rings is 1. The molecule has 0 aliphatic heterocycles. The number of aromatic nitrogens is 1. The van der Waals surface area contributed by atoms with Crippen molar-refractivity contribution in [1.29, 1.82) is 0 Å². The molecule has 0 saturated carbocycles. The molecule has 7 heteroatoms. The number of carbonyl (C=O) groups excluding carboxylic acids is 1. The maximum absolute atomic E-state index is 13.2. The molecule has 0 bridgehead atoms. The molecule has 3 aromatic rings. The molecular weight excluding hydrogens is 373 g/mol. The summed E-state index contributed by atoms with van der Waals surface area (Å²) in [6, 6.07) is 13.1. The first-order valence-corrected chi connectivity index (χ1v) is 9.01. The molecule has 0 saturated heterocycles. The zero-order valence-corrected chi connectivity index (χ0v) is 15.8. The first-order valence-electron chi connectivity index (χ1n) is 8.19. The normalized spacial score (nSPS) is 11.5. The molecule has 27 heavy (non-hydrogen) atoms. The first-order chi connectivity index (χ1) is 12.7. The van der Waals surface area contributed by atoms with Crippen LogP contribution < -0.4 is 5.32 Å². The standard InChI is InChI=1S/C20H17F3N2OS/c1-11-7-9-14(10-8-11)16-12(2)5-4-6-15(16)25-19(26)17-18(20(21,22)23)24-13(3)27-17/h4-10H,1-3H3,(H,25,26). The van der Waals surface area contributed by atoms with Crippen molar-refractivity contribution < 1.29 is 18.0 Å². The quantitative estimate of drug-likeness (QED) is 0.595. The summed E-state index contributed by atoms with van der Waals surface area (Å²) < 4.78 is 39.5. The third-order valence-corrected chi connectivity index (χ3v) is 5.04. The molecule has 0 aliphatic carbocycles. The second-order valence-electron chi connectivity index (χ2n) is 6.23. The summed E-state index contributed by atoms with van der Waals surface area (Å²) in [7, 11) is 0. The number of alkyl halides is 3. The maximum atomic E-state index is 13.2. The van der Waals surface area contributed by atoms with Crippen LogP contribution in [0.3, 0.4) is 0 Å². The predicted molar refractivity (Wildman–Crippen MR) is 101 cm³/mol. The number of hydrogen-bond donors (Lipinski definition) is 1. The second kappa shape index (κ2) is 7.15. The predicted octanol–water partition coefficient (Wildman–Crippen LogP) is 6.01. The van der Waals surface area contributed by atoms with Crippen LogP contribution in [-0.4, -0.2) is 10.9 Å². The number of carbonyl (C=O) groups is 1. The Morgan fingerprint density at radius 3 is 2.33 bits per heavy atom. The lowest BCUT2D eigenvalue weighted by atomic mass is 9.97. The average Bonchev–Trinajstić information content (AvgIpc) is 2.99. The Hall–Kier alpha value is -2.67. The van der Waals surface area contributed by atoms with Crippen molar-refractivity contribution in [3.05, 3.63) is 69.2 Å². The van der Waals surface area contributed by atoms with Crippen LogP contribution >= 0.6 is 11.3 Å². The molecule has 0 spiro atoms. The van der Waals surface area contributed by atoms with Crippen LogP contribution in [0, 0.1) is 20.8 Å². The molecule has 3 rings (SSSR count). The zero-order chi connectivity index (χ0) is 19.8. The lowest BCUT2D eigenvalue weighted by Gasteiger charge is -2.14. The van der Waals surface area contributed by atoms with Crippen molar-refractivity contribution >= 4 is 22.9 Å². The second-order valence-corrected chi connectivity index (χ2v) is 7.43. The Bertz CT molecular complexity index is 991. The van der Waals surface area contributed by atoms with Crippen molar-refractivity contribution in [2.45, 2.75) is 26.9 Å². The van der Waals surface area contributed by atoms with Gasteiger partial charge in [0.05, 0.1) is 5.01 Å². The van der Waals surface area contributed by atoms with E-state index in [-0.39, 0.29) is 5.01 Å². The number of anilines is 1. The van der Waals surface area contributed by atoms with Crippen LogP contribution in [-0.2, 0) is 6.18 Å². The lowest BCUT2D eigenvalue weighted by Crippen LogP contribution is -2.17. The Kier molecular flexibility index (Phi) is 5.06. The monoisotopic (exact) mass is 390 g/mol. The molecule has 1 amide bonds. The van der Waals surface area contributed by atoms with Gasteiger partial charge in [-0.1, -0.05) is 42.0 Å². The number of hydrogen-bond acceptors (Lipinski definition) is 3. The van der Waals surface area contributed by atoms with E-state index in [1.165, 1.54) is 6.92 Å². The number of halogens is 3. The summed E-state index contributed by atoms with van der Waals surface area (Å²) in [5, 5.41) is 2.83. The van der Waals surface area contributed by atoms with Crippen molar-refractivity contribution in [1.82, 2.24) is 4.98 Å². The van der Waals surface area contributed by atoms with E-state index in [0.29, 0.717) is 5.69 Å². The topological polar surface area (TPSA) is 42.0 Å². The SMILES string of the molecule is Cc1ccc(-c2c(C)cccc2NC(=O)c2sc(C)nc2C(F)(F)F)cc1. The van der Waals surface area contributed by atoms with Crippen LogP contribution in [0.2, 0.25) is 0 Å². The van der Waals surface area contributed by atoms with Crippen LogP contribution in [0.5, 0.6) is 0 Å². The molecule has 1 aromatic heterocycles. The largest absolute Gasteiger partial charge is 0.435 e. The van der Waals surface area contributed by atoms with Gasteiger partial charge in [-0.25, -0.2) is 4.98 Å². The zero-order valence-electron chi connectivity index (χ0n) is 14.9. The molecule has 0 fully saturated rings. The Balaban J connectivity index is 2.01. The summed E-state index contributed by atoms with van der Waals surface area (Å²) in [6.45, 7) is 5.30. The van der Waals surface area contributed by atoms with E-state index in [0.717, 1.165) is 33.6 Å². The van der Waals surface area contributed by atoms with E-state index in [4.69, 9.17) is 0 Å². The van der Waals surface area contributed by atoms with Crippen molar-refractivity contribution in [2.24, 2.45) is 0 Å². The van der Waals surface area contributed by atoms with Gasteiger partial charge >= 0.3 is 6.18 Å². The molecule has 0 atom stereocenters. The van der Waals surface area contributed by atoms with E-state index < -0.39 is 22.7 Å². The molecule has 2 aromatic carbocycles. The van der Waals surface area contributed by atoms with Crippen LogP contribution in [0.4, 0.5) is 18.9 Å². The summed E-state index contributed by atoms with van der Waals surface area (Å²) in [4.78, 5) is 15.7. The molecule has 140 valence electrons. The highest BCUT2D eigenvalue weighted by atomic mass is 32.1. The van der Waals surface area contributed by atoms with Crippen molar-refractivity contribution in [3.63, 3.8) is 0 Å². The fourth-order valence-electron chi connectivity index (χ4n) is 2.83. The minimum atomic E-state index is -4.68. The molecule has 1 heterocycles. The third-order valence-electron chi connectivity index (χ3n) is 4.07. The van der Waals surface area contributed by atoms with E-state index in [2.05, 4.69) is 10.3 Å². The highest BCUT2D eigenvalue weighted by Gasteiger charge is 2.39. The number of rotatable bonds is 3. The summed E-state index contributed by atoms with van der Waals surface area (Å²) in [5.41, 5.74) is 2.97. The van der Waals surface area contributed by atoms with Gasteiger partial charge in [0.15, 0.2) is 5.69 Å². The van der Waals surface area contributed by atoms with Crippen molar-refractivity contribution in [3.8, 4) is 11.1 Å². The van der Waals surface area contributed by atoms with Gasteiger partial charge in [-0.2, -0.15) is 13.2 Å². The Morgan fingerprint density at radius 2 is 1.70 bits per heavy atom. The fraction of sp³-hybridized carbons (Fsp3) is 0.200. The third kappa shape index (κ3) is 4.03. The summed E-state index contributed by atoms with van der Waals surface area (Å²) in [5.74, 6) is -0.813. The molecule has 0 unspecified atom stereocenters. The Morgan fingerprint density at radius 1 is 1.04 bits per heavy atom. The van der Waals surface area contributed by atoms with Crippen molar-refractivity contribution in [2.75, 3.05) is 5.32 Å². The van der Waals surface area contributed by atoms with E-state index in [9.17, 15) is 18.0 Å². The maximum Gasteiger partial charge on any atom is 0.435 e. The van der Waals surface area contributed by atoms with E-state index >= 15 is 0 Å². The number of benzene rings is 2. The minimum absolute atomic E-state index is 0.190. The van der Waals surface area contributed by atoms with Crippen LogP contribution in [0.1, 0.15) is 31.5 Å². The van der Waals surface area contributed by atoms with Crippen LogP contribution in [0.25, 0.3) is 11.1 Å². The van der Waals surface area contributed by atoms with Gasteiger partial charge in [0.2, 0.25) is 0 Å². The van der Waals surface area contributed by atoms with E-state index in [1.54, 1.807) is 12.1 Å². The summed E-state index contributed by atoms with van der Waals surface area (Å²) in [6.07, 6.45) is -4.68. The molecule has 3 nitrogen and oxygen atoms in total. The number of aryl methyl sites for hydroxylation is 3. The highest BCUT2D eigenvalue weighted by molar-refractivity contribution is 7.13. The van der Waals surface area contributed by atoms with Gasteiger partial charge in [-0.05, 0) is 38.0 Å². The average molecular weight is 390 g/mol. The molecule has 1 N–H and O–H groups in total. The van der Waals surface area contributed by atoms with Gasteiger partial charge in [0.25, 0.3) is 5.91 Å². The first kappa shape index (κ1) is 19.1. The number of amides is 1. The highest BCUT2D eigenvalue weighted by Crippen LogP contribution is 2.36. The molecule has 0 radical (unpaired) electrons. The van der Waals surface area contributed by atoms with Gasteiger partial charge in [0.1, 0.15) is 4.88 Å². The van der Waals surface area contributed by atoms with Gasteiger partial charge in [-0.15, -0.1) is 11.3 Å².